The highest BCUT2D eigenvalue weighted by Gasteiger charge is 2.39. The van der Waals surface area contributed by atoms with Crippen LogP contribution >= 0.6 is 11.6 Å². The summed E-state index contributed by atoms with van der Waals surface area (Å²) >= 11 is 5.95. The minimum absolute atomic E-state index is 0.0268. The fourth-order valence-electron chi connectivity index (χ4n) is 7.94. The SMILES string of the molecule is COc1cc2ncnc(Nc3ccc(F)c(Cl)c3)c2cc1NC(=O)C=CCN1CCC(NC(=O)CCCCCCNc2cccc3c2CN(C2CCC(=O)NC2=O)C3=O)CC1. The zero-order valence-electron chi connectivity index (χ0n) is 33.9. The highest BCUT2D eigenvalue weighted by atomic mass is 35.5. The zero-order valence-corrected chi connectivity index (χ0v) is 34.7. The van der Waals surface area contributed by atoms with Crippen LogP contribution in [0.25, 0.3) is 10.9 Å². The molecule has 3 aromatic carbocycles. The quantitative estimate of drug-likeness (QED) is 0.0472. The number of hydrogen-bond donors (Lipinski definition) is 5. The maximum atomic E-state index is 13.7. The summed E-state index contributed by atoms with van der Waals surface area (Å²) in [6.07, 6.45) is 11.0. The fourth-order valence-corrected chi connectivity index (χ4v) is 8.12. The molecule has 5 N–H and O–H groups in total. The van der Waals surface area contributed by atoms with Crippen LogP contribution in [0.5, 0.6) is 5.75 Å². The van der Waals surface area contributed by atoms with E-state index in [-0.39, 0.29) is 41.1 Å². The first kappa shape index (κ1) is 43.0. The van der Waals surface area contributed by atoms with Gasteiger partial charge in [0.25, 0.3) is 5.91 Å². The molecule has 1 atom stereocenters. The molecule has 4 aromatic rings. The third kappa shape index (κ3) is 10.8. The molecular formula is C44H49ClFN9O6. The van der Waals surface area contributed by atoms with Gasteiger partial charge in [-0.05, 0) is 68.5 Å². The van der Waals surface area contributed by atoms with E-state index in [2.05, 4.69) is 41.5 Å². The summed E-state index contributed by atoms with van der Waals surface area (Å²) in [7, 11) is 1.51. The van der Waals surface area contributed by atoms with E-state index in [0.29, 0.717) is 65.3 Å². The number of carbonyl (C=O) groups excluding carboxylic acids is 5. The topological polar surface area (TPSA) is 187 Å². The number of piperidine rings is 2. The van der Waals surface area contributed by atoms with Gasteiger partial charge in [0.15, 0.2) is 0 Å². The van der Waals surface area contributed by atoms with Crippen molar-refractivity contribution in [1.29, 1.82) is 0 Å². The van der Waals surface area contributed by atoms with Crippen LogP contribution in [-0.2, 0) is 25.7 Å². The number of nitrogens with one attached hydrogen (secondary N) is 5. The average Bonchev–Trinajstić information content (AvgIpc) is 3.58. The van der Waals surface area contributed by atoms with Gasteiger partial charge in [-0.25, -0.2) is 14.4 Å². The molecule has 3 aliphatic rings. The van der Waals surface area contributed by atoms with Crippen LogP contribution in [-0.4, -0.2) is 94.7 Å². The van der Waals surface area contributed by atoms with Crippen molar-refractivity contribution in [2.24, 2.45) is 0 Å². The van der Waals surface area contributed by atoms with E-state index in [9.17, 15) is 28.4 Å². The number of hydrogen-bond acceptors (Lipinski definition) is 11. The first-order valence-electron chi connectivity index (χ1n) is 20.6. The molecule has 7 rings (SSSR count). The smallest absolute Gasteiger partial charge is 0.255 e. The Bertz CT molecular complexity index is 2340. The number of nitrogens with zero attached hydrogens (tertiary/aromatic N) is 4. The normalized spacial score (nSPS) is 17.1. The molecule has 0 bridgehead atoms. The maximum absolute atomic E-state index is 13.7. The molecular weight excluding hydrogens is 805 g/mol. The molecule has 15 nitrogen and oxygen atoms in total. The number of benzene rings is 3. The molecule has 4 heterocycles. The number of unbranched alkanes of at least 4 members (excludes halogenated alkanes) is 3. The van der Waals surface area contributed by atoms with Gasteiger partial charge in [0.2, 0.25) is 23.6 Å². The second-order valence-electron chi connectivity index (χ2n) is 15.4. The second kappa shape index (κ2) is 20.0. The number of methoxy groups -OCH3 is 1. The average molecular weight is 854 g/mol. The number of fused-ring (bicyclic) bond motifs is 2. The van der Waals surface area contributed by atoms with Crippen LogP contribution in [0.1, 0.15) is 73.7 Å². The number of anilines is 4. The molecule has 1 unspecified atom stereocenters. The summed E-state index contributed by atoms with van der Waals surface area (Å²) in [5.41, 5.74) is 3.88. The predicted molar refractivity (Wildman–Crippen MR) is 230 cm³/mol. The van der Waals surface area contributed by atoms with Crippen LogP contribution in [0.4, 0.5) is 27.3 Å². The Balaban J connectivity index is 0.778. The maximum Gasteiger partial charge on any atom is 0.255 e. The van der Waals surface area contributed by atoms with E-state index in [1.165, 1.54) is 31.6 Å². The fraction of sp³-hybridized carbons (Fsp3) is 0.386. The summed E-state index contributed by atoms with van der Waals surface area (Å²) in [6.45, 7) is 3.23. The number of halogens is 2. The Kier molecular flexibility index (Phi) is 14.1. The molecule has 61 heavy (non-hydrogen) atoms. The van der Waals surface area contributed by atoms with E-state index >= 15 is 0 Å². The lowest BCUT2D eigenvalue weighted by Crippen LogP contribution is -2.52. The van der Waals surface area contributed by atoms with Gasteiger partial charge in [-0.2, -0.15) is 0 Å². The monoisotopic (exact) mass is 853 g/mol. The Morgan fingerprint density at radius 3 is 2.61 bits per heavy atom. The van der Waals surface area contributed by atoms with Crippen molar-refractivity contribution in [3.8, 4) is 5.75 Å². The van der Waals surface area contributed by atoms with Gasteiger partial charge in [0, 0.05) is 91.6 Å². The molecule has 0 radical (unpaired) electrons. The largest absolute Gasteiger partial charge is 0.494 e. The summed E-state index contributed by atoms with van der Waals surface area (Å²) in [5, 5.41) is 15.6. The molecule has 0 spiro atoms. The molecule has 3 aliphatic heterocycles. The molecule has 5 amide bonds. The Hall–Kier alpha value is -6.13. The first-order chi connectivity index (χ1) is 29.6. The number of rotatable bonds is 17. The number of likely N-dealkylation sites (tertiary alicyclic amines) is 1. The van der Waals surface area contributed by atoms with Gasteiger partial charge in [-0.15, -0.1) is 0 Å². The minimum Gasteiger partial charge on any atom is -0.494 e. The highest BCUT2D eigenvalue weighted by molar-refractivity contribution is 6.31. The van der Waals surface area contributed by atoms with Crippen molar-refractivity contribution in [3.05, 3.63) is 89.0 Å². The van der Waals surface area contributed by atoms with E-state index in [1.807, 2.05) is 18.2 Å². The van der Waals surface area contributed by atoms with Gasteiger partial charge in [0.05, 0.1) is 23.3 Å². The van der Waals surface area contributed by atoms with Crippen molar-refractivity contribution >= 4 is 74.9 Å². The lowest BCUT2D eigenvalue weighted by atomic mass is 10.0. The first-order valence-corrected chi connectivity index (χ1v) is 21.0. The van der Waals surface area contributed by atoms with E-state index in [4.69, 9.17) is 16.3 Å². The summed E-state index contributed by atoms with van der Waals surface area (Å²) in [5.74, 6) is -0.837. The van der Waals surface area contributed by atoms with E-state index < -0.39 is 17.8 Å². The van der Waals surface area contributed by atoms with Crippen molar-refractivity contribution in [1.82, 2.24) is 30.4 Å². The van der Waals surface area contributed by atoms with E-state index in [0.717, 1.165) is 69.4 Å². The predicted octanol–water partition coefficient (Wildman–Crippen LogP) is 6.07. The van der Waals surface area contributed by atoms with Gasteiger partial charge >= 0.3 is 0 Å². The van der Waals surface area contributed by atoms with Crippen molar-refractivity contribution in [3.63, 3.8) is 0 Å². The van der Waals surface area contributed by atoms with Crippen molar-refractivity contribution < 1.29 is 33.1 Å². The molecule has 2 fully saturated rings. The molecule has 320 valence electrons. The van der Waals surface area contributed by atoms with Gasteiger partial charge in [-0.1, -0.05) is 36.6 Å². The molecule has 17 heteroatoms. The summed E-state index contributed by atoms with van der Waals surface area (Å²) in [6, 6.07) is 12.7. The number of ether oxygens (including phenoxy) is 1. The number of amides is 5. The van der Waals surface area contributed by atoms with Gasteiger partial charge < -0.3 is 30.9 Å². The van der Waals surface area contributed by atoms with Gasteiger partial charge in [0.1, 0.15) is 29.8 Å². The van der Waals surface area contributed by atoms with Crippen molar-refractivity contribution in [2.45, 2.75) is 76.4 Å². The standard InChI is InChI=1S/C44H49ClFN9O6/c1-61-38-24-35-30(42(49-26-48-35)51-28-12-13-33(46)32(45)22-28)23-36(38)52-40(57)11-7-19-54-20-16-27(17-21-54)50-39(56)10-4-2-3-5-18-47-34-9-6-8-29-31(34)25-55(44(29)60)37-14-15-41(58)53-43(37)59/h6-9,11-13,22-24,26-27,37,47H,2-5,10,14-21,25H2,1H3,(H,50,56)(H,52,57)(H,48,49,51)(H,53,58,59). The summed E-state index contributed by atoms with van der Waals surface area (Å²) in [4.78, 5) is 75.2. The van der Waals surface area contributed by atoms with Crippen LogP contribution in [0.2, 0.25) is 5.02 Å². The third-order valence-corrected chi connectivity index (χ3v) is 11.5. The molecule has 2 saturated heterocycles. The van der Waals surface area contributed by atoms with E-state index in [1.54, 1.807) is 29.2 Å². The number of aromatic nitrogens is 2. The molecule has 0 saturated carbocycles. The highest BCUT2D eigenvalue weighted by Crippen LogP contribution is 2.35. The summed E-state index contributed by atoms with van der Waals surface area (Å²) < 4.78 is 19.2. The lowest BCUT2D eigenvalue weighted by molar-refractivity contribution is -0.137. The van der Waals surface area contributed by atoms with Crippen LogP contribution < -0.4 is 31.3 Å². The Morgan fingerprint density at radius 1 is 1.00 bits per heavy atom. The van der Waals surface area contributed by atoms with Crippen molar-refractivity contribution in [2.75, 3.05) is 49.2 Å². The lowest BCUT2D eigenvalue weighted by Gasteiger charge is -2.31. The number of imide groups is 1. The number of carbonyl (C=O) groups is 5. The Morgan fingerprint density at radius 2 is 1.82 bits per heavy atom. The van der Waals surface area contributed by atoms with Crippen LogP contribution in [0, 0.1) is 5.82 Å². The molecule has 1 aromatic heterocycles. The zero-order chi connectivity index (χ0) is 42.9. The van der Waals surface area contributed by atoms with Gasteiger partial charge in [-0.3, -0.25) is 34.2 Å². The molecule has 0 aliphatic carbocycles. The second-order valence-corrected chi connectivity index (χ2v) is 15.8. The third-order valence-electron chi connectivity index (χ3n) is 11.2. The Labute approximate surface area is 357 Å². The van der Waals surface area contributed by atoms with Crippen LogP contribution in [0.15, 0.2) is 67.0 Å². The minimum atomic E-state index is -0.643. The van der Waals surface area contributed by atoms with Crippen LogP contribution in [0.3, 0.4) is 0 Å².